The van der Waals surface area contributed by atoms with Crippen LogP contribution in [0.25, 0.3) is 0 Å². The lowest BCUT2D eigenvalue weighted by atomic mass is 9.96. The summed E-state index contributed by atoms with van der Waals surface area (Å²) in [5, 5.41) is 9.77. The SMILES string of the molecule is COc1cccc([C@@H]2C[C@@H](C(F)(F)F)n3ncc(C(=O)NCCc4ccc(OC)c(OC)c4)c3N2)c1. The van der Waals surface area contributed by atoms with Crippen LogP contribution in [0.2, 0.25) is 0 Å². The van der Waals surface area contributed by atoms with Crippen LogP contribution in [0.5, 0.6) is 17.2 Å². The maximum absolute atomic E-state index is 13.9. The molecule has 3 aromatic rings. The molecule has 0 saturated carbocycles. The fourth-order valence-corrected chi connectivity index (χ4v) is 4.26. The number of ether oxygens (including phenoxy) is 3. The number of methoxy groups -OCH3 is 3. The summed E-state index contributed by atoms with van der Waals surface area (Å²) < 4.78 is 58.4. The monoisotopic (exact) mass is 504 g/mol. The second kappa shape index (κ2) is 10.4. The van der Waals surface area contributed by atoms with Crippen molar-refractivity contribution in [2.24, 2.45) is 0 Å². The molecule has 1 aliphatic rings. The lowest BCUT2D eigenvalue weighted by Gasteiger charge is -2.34. The van der Waals surface area contributed by atoms with Crippen LogP contribution in [-0.2, 0) is 6.42 Å². The zero-order valence-electron chi connectivity index (χ0n) is 20.1. The molecule has 36 heavy (non-hydrogen) atoms. The molecule has 4 rings (SSSR count). The Bertz CT molecular complexity index is 1230. The van der Waals surface area contributed by atoms with E-state index in [2.05, 4.69) is 15.7 Å². The zero-order chi connectivity index (χ0) is 25.9. The number of nitrogens with one attached hydrogen (secondary N) is 2. The summed E-state index contributed by atoms with van der Waals surface area (Å²) in [6.07, 6.45) is -3.16. The van der Waals surface area contributed by atoms with Gasteiger partial charge in [0, 0.05) is 13.0 Å². The van der Waals surface area contributed by atoms with Gasteiger partial charge in [0.1, 0.15) is 17.1 Å². The van der Waals surface area contributed by atoms with E-state index in [1.54, 1.807) is 43.5 Å². The number of nitrogens with zero attached hydrogens (tertiary/aromatic N) is 2. The molecule has 1 aliphatic heterocycles. The minimum absolute atomic E-state index is 0.0278. The number of amides is 1. The van der Waals surface area contributed by atoms with Crippen LogP contribution in [0.3, 0.4) is 0 Å². The van der Waals surface area contributed by atoms with E-state index in [1.807, 2.05) is 6.07 Å². The van der Waals surface area contributed by atoms with Crippen LogP contribution in [-0.4, -0.2) is 49.7 Å². The van der Waals surface area contributed by atoms with Crippen molar-refractivity contribution >= 4 is 11.7 Å². The van der Waals surface area contributed by atoms with Crippen LogP contribution in [0.1, 0.15) is 40.0 Å². The number of hydrogen-bond acceptors (Lipinski definition) is 6. The first-order valence-corrected chi connectivity index (χ1v) is 11.3. The van der Waals surface area contributed by atoms with Crippen molar-refractivity contribution < 1.29 is 32.2 Å². The van der Waals surface area contributed by atoms with Gasteiger partial charge in [-0.3, -0.25) is 4.79 Å². The summed E-state index contributed by atoms with van der Waals surface area (Å²) >= 11 is 0. The number of aromatic nitrogens is 2. The fourth-order valence-electron chi connectivity index (χ4n) is 4.26. The first-order valence-electron chi connectivity index (χ1n) is 11.3. The Balaban J connectivity index is 1.52. The normalized spacial score (nSPS) is 17.1. The molecule has 0 spiro atoms. The molecule has 192 valence electrons. The van der Waals surface area contributed by atoms with E-state index in [4.69, 9.17) is 14.2 Å². The van der Waals surface area contributed by atoms with E-state index in [0.29, 0.717) is 29.2 Å². The molecule has 0 saturated heterocycles. The van der Waals surface area contributed by atoms with Gasteiger partial charge in [0.2, 0.25) is 0 Å². The maximum atomic E-state index is 13.9. The van der Waals surface area contributed by atoms with Gasteiger partial charge in [0.05, 0.1) is 33.6 Å². The van der Waals surface area contributed by atoms with E-state index >= 15 is 0 Å². The van der Waals surface area contributed by atoms with Crippen LogP contribution in [0.4, 0.5) is 19.0 Å². The molecule has 2 N–H and O–H groups in total. The number of carbonyl (C=O) groups is 1. The topological polar surface area (TPSA) is 86.6 Å². The molecule has 0 unspecified atom stereocenters. The van der Waals surface area contributed by atoms with Crippen LogP contribution in [0.15, 0.2) is 48.7 Å². The van der Waals surface area contributed by atoms with Gasteiger partial charge in [-0.1, -0.05) is 18.2 Å². The largest absolute Gasteiger partial charge is 0.497 e. The molecule has 2 atom stereocenters. The molecular weight excluding hydrogens is 477 g/mol. The van der Waals surface area contributed by atoms with Crippen molar-refractivity contribution in [1.82, 2.24) is 15.1 Å². The fraction of sp³-hybridized carbons (Fsp3) is 0.360. The predicted octanol–water partition coefficient (Wildman–Crippen LogP) is 4.54. The lowest BCUT2D eigenvalue weighted by molar-refractivity contribution is -0.173. The van der Waals surface area contributed by atoms with Crippen molar-refractivity contribution in [2.75, 3.05) is 33.2 Å². The van der Waals surface area contributed by atoms with E-state index < -0.39 is 24.2 Å². The number of benzene rings is 2. The lowest BCUT2D eigenvalue weighted by Crippen LogP contribution is -2.36. The van der Waals surface area contributed by atoms with Gasteiger partial charge in [-0.25, -0.2) is 4.68 Å². The molecule has 0 bridgehead atoms. The Labute approximate surface area is 206 Å². The number of hydrogen-bond donors (Lipinski definition) is 2. The Morgan fingerprint density at radius 1 is 1.11 bits per heavy atom. The highest BCUT2D eigenvalue weighted by Crippen LogP contribution is 2.44. The number of anilines is 1. The number of fused-ring (bicyclic) bond motifs is 1. The van der Waals surface area contributed by atoms with Gasteiger partial charge in [0.25, 0.3) is 5.91 Å². The summed E-state index contributed by atoms with van der Waals surface area (Å²) in [6, 6.07) is 9.70. The molecule has 2 aromatic carbocycles. The van der Waals surface area contributed by atoms with E-state index in [9.17, 15) is 18.0 Å². The van der Waals surface area contributed by atoms with Crippen molar-refractivity contribution in [2.45, 2.75) is 31.1 Å². The van der Waals surface area contributed by atoms with Gasteiger partial charge in [-0.05, 0) is 41.8 Å². The smallest absolute Gasteiger partial charge is 0.410 e. The average molecular weight is 505 g/mol. The molecule has 1 amide bonds. The highest BCUT2D eigenvalue weighted by Gasteiger charge is 2.47. The molecule has 0 radical (unpaired) electrons. The predicted molar refractivity (Wildman–Crippen MR) is 127 cm³/mol. The third-order valence-electron chi connectivity index (χ3n) is 6.13. The number of halogens is 3. The molecule has 0 fully saturated rings. The summed E-state index contributed by atoms with van der Waals surface area (Å²) in [6.45, 7) is 0.265. The van der Waals surface area contributed by atoms with Crippen LogP contribution >= 0.6 is 0 Å². The Morgan fingerprint density at radius 2 is 1.89 bits per heavy atom. The Hall–Kier alpha value is -3.89. The van der Waals surface area contributed by atoms with Crippen molar-refractivity contribution in [3.05, 3.63) is 65.4 Å². The molecular formula is C25H27F3N4O4. The first-order chi connectivity index (χ1) is 17.2. The third-order valence-corrected chi connectivity index (χ3v) is 6.13. The molecule has 11 heteroatoms. The highest BCUT2D eigenvalue weighted by molar-refractivity contribution is 5.98. The van der Waals surface area contributed by atoms with Crippen molar-refractivity contribution in [1.29, 1.82) is 0 Å². The number of carbonyl (C=O) groups excluding carboxylic acids is 1. The number of alkyl halides is 3. The standard InChI is InChI=1S/C25H27F3N4O4/c1-34-17-6-4-5-16(12-17)19-13-22(25(26,27)28)32-23(31-19)18(14-30-32)24(33)29-10-9-15-7-8-20(35-2)21(11-15)36-3/h4-8,11-12,14,19,22,31H,9-10,13H2,1-3H3,(H,29,33)/t19-,22-/m0/s1. The quantitative estimate of drug-likeness (QED) is 0.469. The van der Waals surface area contributed by atoms with E-state index in [1.165, 1.54) is 20.4 Å². The average Bonchev–Trinajstić information content (AvgIpc) is 3.31. The van der Waals surface area contributed by atoms with Crippen LogP contribution in [0, 0.1) is 0 Å². The van der Waals surface area contributed by atoms with Gasteiger partial charge in [0.15, 0.2) is 17.5 Å². The van der Waals surface area contributed by atoms with E-state index in [-0.39, 0.29) is 24.3 Å². The van der Waals surface area contributed by atoms with Gasteiger partial charge in [-0.15, -0.1) is 0 Å². The maximum Gasteiger partial charge on any atom is 0.410 e. The molecule has 0 aliphatic carbocycles. The summed E-state index contributed by atoms with van der Waals surface area (Å²) in [4.78, 5) is 12.9. The minimum atomic E-state index is -4.54. The summed E-state index contributed by atoms with van der Waals surface area (Å²) in [5.41, 5.74) is 1.57. The Kier molecular flexibility index (Phi) is 7.27. The first kappa shape index (κ1) is 25.2. The molecule has 1 aromatic heterocycles. The van der Waals surface area contributed by atoms with Crippen molar-refractivity contribution in [3.63, 3.8) is 0 Å². The van der Waals surface area contributed by atoms with E-state index in [0.717, 1.165) is 10.2 Å². The van der Waals surface area contributed by atoms with Gasteiger partial charge >= 0.3 is 6.18 Å². The summed E-state index contributed by atoms with van der Waals surface area (Å²) in [7, 11) is 4.57. The zero-order valence-corrected chi connectivity index (χ0v) is 20.1. The Morgan fingerprint density at radius 3 is 2.58 bits per heavy atom. The molecule has 8 nitrogen and oxygen atoms in total. The van der Waals surface area contributed by atoms with Gasteiger partial charge < -0.3 is 24.8 Å². The number of rotatable bonds is 8. The second-order valence-corrected chi connectivity index (χ2v) is 8.31. The minimum Gasteiger partial charge on any atom is -0.497 e. The highest BCUT2D eigenvalue weighted by atomic mass is 19.4. The second-order valence-electron chi connectivity index (χ2n) is 8.31. The third kappa shape index (κ3) is 5.19. The van der Waals surface area contributed by atoms with Crippen LogP contribution < -0.4 is 24.8 Å². The molecule has 2 heterocycles. The van der Waals surface area contributed by atoms with Gasteiger partial charge in [-0.2, -0.15) is 18.3 Å². The summed E-state index contributed by atoms with van der Waals surface area (Å²) in [5.74, 6) is 1.20. The van der Waals surface area contributed by atoms with Crippen molar-refractivity contribution in [3.8, 4) is 17.2 Å².